The maximum absolute atomic E-state index is 12.8. The first-order chi connectivity index (χ1) is 17.8. The fourth-order valence-corrected chi connectivity index (χ4v) is 5.16. The number of hydrogen-bond donors (Lipinski definition) is 1. The van der Waals surface area contributed by atoms with Crippen molar-refractivity contribution in [3.63, 3.8) is 0 Å². The van der Waals surface area contributed by atoms with Gasteiger partial charge in [-0.15, -0.1) is 13.2 Å². The number of rotatable bonds is 8. The molecule has 3 aromatic rings. The van der Waals surface area contributed by atoms with Crippen LogP contribution in [0, 0.1) is 0 Å². The van der Waals surface area contributed by atoms with E-state index in [-0.39, 0.29) is 11.7 Å². The molecule has 11 heteroatoms. The number of likely N-dealkylation sites (tertiary alicyclic amines) is 1. The van der Waals surface area contributed by atoms with Gasteiger partial charge in [-0.2, -0.15) is 0 Å². The lowest BCUT2D eigenvalue weighted by Crippen LogP contribution is -2.39. The highest BCUT2D eigenvalue weighted by Gasteiger charge is 2.31. The van der Waals surface area contributed by atoms with Crippen LogP contribution in [-0.4, -0.2) is 63.5 Å². The maximum atomic E-state index is 12.8. The highest BCUT2D eigenvalue weighted by atomic mass is 19.4. The van der Waals surface area contributed by atoms with Gasteiger partial charge < -0.3 is 24.8 Å². The summed E-state index contributed by atoms with van der Waals surface area (Å²) in [5.74, 6) is 2.40. The molecule has 8 nitrogen and oxygen atoms in total. The second kappa shape index (κ2) is 10.6. The number of alkyl halides is 3. The minimum absolute atomic E-state index is 0.236. The van der Waals surface area contributed by atoms with E-state index in [4.69, 9.17) is 10.7 Å². The number of nitrogens with zero attached hydrogens (tertiary/aromatic N) is 6. The largest absolute Gasteiger partial charge is 0.573 e. The molecule has 0 amide bonds. The van der Waals surface area contributed by atoms with Crippen LogP contribution in [0.1, 0.15) is 43.5 Å². The molecule has 2 aromatic heterocycles. The van der Waals surface area contributed by atoms with Crippen molar-refractivity contribution in [3.05, 3.63) is 48.2 Å². The Morgan fingerprint density at radius 3 is 2.54 bits per heavy atom. The Morgan fingerprint density at radius 1 is 1.08 bits per heavy atom. The summed E-state index contributed by atoms with van der Waals surface area (Å²) in [5, 5.41) is 0. The first-order valence-electron chi connectivity index (χ1n) is 12.8. The molecule has 0 spiro atoms. The van der Waals surface area contributed by atoms with Crippen LogP contribution in [0.15, 0.2) is 36.8 Å². The Hall–Kier alpha value is -3.34. The van der Waals surface area contributed by atoms with Crippen LogP contribution in [0.5, 0.6) is 5.75 Å². The number of hydrogen-bond acceptors (Lipinski definition) is 7. The minimum Gasteiger partial charge on any atom is -0.406 e. The van der Waals surface area contributed by atoms with E-state index in [1.165, 1.54) is 24.9 Å². The minimum atomic E-state index is -4.74. The molecule has 198 valence electrons. The predicted molar refractivity (Wildman–Crippen MR) is 135 cm³/mol. The van der Waals surface area contributed by atoms with Crippen LogP contribution in [0.2, 0.25) is 0 Å². The van der Waals surface area contributed by atoms with Gasteiger partial charge in [0.1, 0.15) is 29.5 Å². The average Bonchev–Trinajstić information content (AvgIpc) is 3.26. The molecule has 1 aromatic carbocycles. The summed E-state index contributed by atoms with van der Waals surface area (Å²) >= 11 is 0. The predicted octanol–water partition coefficient (Wildman–Crippen LogP) is 4.47. The molecule has 0 radical (unpaired) electrons. The zero-order valence-electron chi connectivity index (χ0n) is 20.9. The molecule has 0 aliphatic carbocycles. The number of piperidine rings is 1. The molecule has 4 heterocycles. The lowest BCUT2D eigenvalue weighted by atomic mass is 9.95. The average molecular weight is 516 g/mol. The number of ether oxygens (including phenoxy) is 1. The number of nitrogens with two attached hydrogens (primary N) is 1. The summed E-state index contributed by atoms with van der Waals surface area (Å²) in [6.45, 7) is 7.62. The summed E-state index contributed by atoms with van der Waals surface area (Å²) in [6, 6.07) is 6.03. The molecule has 2 aliphatic heterocycles. The zero-order chi connectivity index (χ0) is 26.0. The van der Waals surface area contributed by atoms with Gasteiger partial charge in [-0.1, -0.05) is 19.1 Å². The van der Waals surface area contributed by atoms with Gasteiger partial charge >= 0.3 is 6.36 Å². The molecule has 2 saturated heterocycles. The van der Waals surface area contributed by atoms with Crippen LogP contribution in [0.4, 0.5) is 24.8 Å². The second-order valence-electron chi connectivity index (χ2n) is 9.62. The maximum Gasteiger partial charge on any atom is 0.573 e. The van der Waals surface area contributed by atoms with Crippen molar-refractivity contribution in [2.75, 3.05) is 43.4 Å². The number of halogens is 3. The van der Waals surface area contributed by atoms with Crippen LogP contribution in [-0.2, 0) is 13.0 Å². The third kappa shape index (κ3) is 5.82. The Labute approximate surface area is 214 Å². The van der Waals surface area contributed by atoms with Crippen LogP contribution >= 0.6 is 0 Å². The van der Waals surface area contributed by atoms with E-state index in [9.17, 15) is 13.2 Å². The fraction of sp³-hybridized carbons (Fsp3) is 0.500. The summed E-state index contributed by atoms with van der Waals surface area (Å²) in [4.78, 5) is 18.3. The SMILES string of the molecule is CCc1c(N)ncnc1N1CCC(c2nc(-c3cccc(OC(F)(F)F)c3)cn2CCN2CCC2)CC1. The quantitative estimate of drug-likeness (QED) is 0.474. The molecule has 2 N–H and O–H groups in total. The smallest absolute Gasteiger partial charge is 0.406 e. The summed E-state index contributed by atoms with van der Waals surface area (Å²) < 4.78 is 44.6. The number of imidazole rings is 1. The molecular weight excluding hydrogens is 483 g/mol. The lowest BCUT2D eigenvalue weighted by molar-refractivity contribution is -0.274. The Balaban J connectivity index is 1.37. The summed E-state index contributed by atoms with van der Waals surface area (Å²) in [6.07, 6.45) is 2.52. The zero-order valence-corrected chi connectivity index (χ0v) is 20.9. The molecular formula is C26H32F3N7O. The monoisotopic (exact) mass is 515 g/mol. The normalized spacial score (nSPS) is 17.1. The van der Waals surface area contributed by atoms with Gasteiger partial charge in [0, 0.05) is 49.4 Å². The molecule has 0 unspecified atom stereocenters. The Bertz CT molecular complexity index is 1220. The van der Waals surface area contributed by atoms with Crippen molar-refractivity contribution in [3.8, 4) is 17.0 Å². The van der Waals surface area contributed by atoms with Gasteiger partial charge in [-0.25, -0.2) is 15.0 Å². The van der Waals surface area contributed by atoms with Crippen LogP contribution < -0.4 is 15.4 Å². The van der Waals surface area contributed by atoms with E-state index < -0.39 is 6.36 Å². The summed E-state index contributed by atoms with van der Waals surface area (Å²) in [5.41, 5.74) is 8.32. The third-order valence-corrected chi connectivity index (χ3v) is 7.25. The standard InChI is InChI=1S/C26H32F3N7O/c1-2-21-23(30)31-17-32-25(21)35-11-7-18(8-12-35)24-33-22(16-36(24)14-13-34-9-4-10-34)19-5-3-6-20(15-19)37-26(27,28)29/h3,5-6,15-18H,2,4,7-14H2,1H3,(H2,30,31,32). The van der Waals surface area contributed by atoms with Crippen molar-refractivity contribution in [1.82, 2.24) is 24.4 Å². The highest BCUT2D eigenvalue weighted by molar-refractivity contribution is 5.61. The molecule has 2 aliphatic rings. The van der Waals surface area contributed by atoms with E-state index in [2.05, 4.69) is 36.0 Å². The molecule has 0 bridgehead atoms. The van der Waals surface area contributed by atoms with Gasteiger partial charge in [0.2, 0.25) is 0 Å². The first-order valence-corrected chi connectivity index (χ1v) is 12.8. The molecule has 5 rings (SSSR count). The highest BCUT2D eigenvalue weighted by Crippen LogP contribution is 2.34. The lowest BCUT2D eigenvalue weighted by Gasteiger charge is -2.34. The second-order valence-corrected chi connectivity index (χ2v) is 9.62. The topological polar surface area (TPSA) is 85.3 Å². The van der Waals surface area contributed by atoms with Crippen molar-refractivity contribution in [2.45, 2.75) is 51.4 Å². The number of nitrogen functional groups attached to an aromatic ring is 1. The Kier molecular flexibility index (Phi) is 7.23. The number of benzene rings is 1. The van der Waals surface area contributed by atoms with Gasteiger partial charge in [-0.05, 0) is 50.9 Å². The van der Waals surface area contributed by atoms with E-state index in [0.717, 1.165) is 75.7 Å². The van der Waals surface area contributed by atoms with E-state index in [1.807, 2.05) is 6.20 Å². The fourth-order valence-electron chi connectivity index (χ4n) is 5.16. The summed E-state index contributed by atoms with van der Waals surface area (Å²) in [7, 11) is 0. The van der Waals surface area contributed by atoms with Crippen molar-refractivity contribution in [1.29, 1.82) is 0 Å². The van der Waals surface area contributed by atoms with E-state index >= 15 is 0 Å². The van der Waals surface area contributed by atoms with E-state index in [0.29, 0.717) is 17.1 Å². The number of anilines is 2. The van der Waals surface area contributed by atoms with Crippen molar-refractivity contribution in [2.24, 2.45) is 0 Å². The van der Waals surface area contributed by atoms with Gasteiger partial charge in [-0.3, -0.25) is 0 Å². The van der Waals surface area contributed by atoms with Gasteiger partial charge in [0.25, 0.3) is 0 Å². The van der Waals surface area contributed by atoms with Gasteiger partial charge in [0.15, 0.2) is 0 Å². The molecule has 0 saturated carbocycles. The van der Waals surface area contributed by atoms with Crippen molar-refractivity contribution >= 4 is 11.6 Å². The van der Waals surface area contributed by atoms with Gasteiger partial charge in [0.05, 0.1) is 5.69 Å². The van der Waals surface area contributed by atoms with Crippen LogP contribution in [0.3, 0.4) is 0 Å². The van der Waals surface area contributed by atoms with Crippen molar-refractivity contribution < 1.29 is 17.9 Å². The number of aromatic nitrogens is 4. The molecule has 0 atom stereocenters. The first kappa shape index (κ1) is 25.3. The van der Waals surface area contributed by atoms with Crippen LogP contribution in [0.25, 0.3) is 11.3 Å². The van der Waals surface area contributed by atoms with E-state index in [1.54, 1.807) is 12.1 Å². The molecule has 37 heavy (non-hydrogen) atoms. The Morgan fingerprint density at radius 2 is 1.86 bits per heavy atom. The molecule has 2 fully saturated rings. The third-order valence-electron chi connectivity index (χ3n) is 7.25.